The van der Waals surface area contributed by atoms with E-state index in [9.17, 15) is 19.5 Å². The summed E-state index contributed by atoms with van der Waals surface area (Å²) in [6.45, 7) is 4.94. The van der Waals surface area contributed by atoms with Crippen LogP contribution in [0.4, 0.5) is 0 Å². The van der Waals surface area contributed by atoms with Gasteiger partial charge in [0.15, 0.2) is 6.10 Å². The number of carbonyl (C=O) groups is 3. The maximum absolute atomic E-state index is 13.0. The van der Waals surface area contributed by atoms with Gasteiger partial charge in [0, 0.05) is 12.8 Å². The van der Waals surface area contributed by atoms with E-state index in [1.54, 1.807) is 0 Å². The van der Waals surface area contributed by atoms with Crippen LogP contribution in [0.15, 0.2) is 36.5 Å². The van der Waals surface area contributed by atoms with Gasteiger partial charge >= 0.3 is 17.9 Å². The molecule has 0 aliphatic carbocycles. The van der Waals surface area contributed by atoms with Crippen molar-refractivity contribution in [2.24, 2.45) is 0 Å². The van der Waals surface area contributed by atoms with Crippen LogP contribution >= 0.6 is 0 Å². The number of quaternary nitrogens is 1. The third-order valence-electron chi connectivity index (χ3n) is 17.9. The molecule has 0 fully saturated rings. The Morgan fingerprint density at radius 1 is 0.337 bits per heavy atom. The zero-order valence-corrected chi connectivity index (χ0v) is 60.1. The normalized spacial score (nSPS) is 12.8. The summed E-state index contributed by atoms with van der Waals surface area (Å²) < 4.78 is 23.0. The molecular formula is C80H152NO8+. The number of aliphatic carboxylic acids is 1. The molecule has 0 aliphatic rings. The molecular weight excluding hydrogens is 1100 g/mol. The summed E-state index contributed by atoms with van der Waals surface area (Å²) in [4.78, 5) is 37.7. The number of rotatable bonds is 74. The average molecular weight is 1260 g/mol. The van der Waals surface area contributed by atoms with Crippen molar-refractivity contribution in [3.63, 3.8) is 0 Å². The molecule has 0 saturated heterocycles. The van der Waals surface area contributed by atoms with Gasteiger partial charge in [0.25, 0.3) is 6.29 Å². The fourth-order valence-corrected chi connectivity index (χ4v) is 11.9. The summed E-state index contributed by atoms with van der Waals surface area (Å²) in [5.74, 6) is -1.98. The molecule has 0 aromatic carbocycles. The first kappa shape index (κ1) is 86.5. The van der Waals surface area contributed by atoms with Gasteiger partial charge in [-0.15, -0.1) is 0 Å². The quantitative estimate of drug-likeness (QED) is 0.0211. The van der Waals surface area contributed by atoms with Crippen LogP contribution in [0.1, 0.15) is 399 Å². The summed E-state index contributed by atoms with van der Waals surface area (Å²) in [6, 6.07) is 0. The lowest BCUT2D eigenvalue weighted by atomic mass is 10.0. The highest BCUT2D eigenvalue weighted by molar-refractivity contribution is 5.71. The van der Waals surface area contributed by atoms with E-state index < -0.39 is 18.4 Å². The van der Waals surface area contributed by atoms with Gasteiger partial charge in [0.05, 0.1) is 34.4 Å². The summed E-state index contributed by atoms with van der Waals surface area (Å²) in [7, 11) is 5.99. The summed E-state index contributed by atoms with van der Waals surface area (Å²) in [5.41, 5.74) is 0. The van der Waals surface area contributed by atoms with Crippen molar-refractivity contribution >= 4 is 17.9 Å². The summed E-state index contributed by atoms with van der Waals surface area (Å²) >= 11 is 0. The highest BCUT2D eigenvalue weighted by Gasteiger charge is 2.25. The lowest BCUT2D eigenvalue weighted by Crippen LogP contribution is -2.40. The van der Waals surface area contributed by atoms with Crippen LogP contribution in [0, 0.1) is 0 Å². The number of hydrogen-bond acceptors (Lipinski definition) is 7. The highest BCUT2D eigenvalue weighted by atomic mass is 16.7. The number of esters is 2. The number of carbonyl (C=O) groups excluding carboxylic acids is 2. The first-order valence-corrected chi connectivity index (χ1v) is 39.2. The Hall–Kier alpha value is -2.49. The van der Waals surface area contributed by atoms with Crippen LogP contribution < -0.4 is 0 Å². The molecule has 0 bridgehead atoms. The monoisotopic (exact) mass is 1260 g/mol. The fraction of sp³-hybridized carbons (Fsp3) is 0.887. The Morgan fingerprint density at radius 3 is 0.899 bits per heavy atom. The predicted molar refractivity (Wildman–Crippen MR) is 383 cm³/mol. The molecule has 2 unspecified atom stereocenters. The summed E-state index contributed by atoms with van der Waals surface area (Å²) in [5, 5.41) is 9.77. The molecule has 0 aromatic heterocycles. The number of carboxylic acids is 1. The van der Waals surface area contributed by atoms with Crippen LogP contribution in [-0.2, 0) is 33.3 Å². The van der Waals surface area contributed by atoms with E-state index in [2.05, 4.69) is 50.3 Å². The van der Waals surface area contributed by atoms with E-state index in [0.717, 1.165) is 51.4 Å². The number of allylic oxidation sites excluding steroid dienone is 6. The predicted octanol–water partition coefficient (Wildman–Crippen LogP) is 24.7. The Morgan fingerprint density at radius 2 is 0.607 bits per heavy atom. The minimum Gasteiger partial charge on any atom is -0.477 e. The minimum absolute atomic E-state index is 0.177. The standard InChI is InChI=1S/C80H151NO8/c1-6-8-10-12-14-16-18-20-22-24-26-28-30-32-34-36-37-38-39-40-41-43-44-46-48-50-52-54-56-58-60-62-64-66-68-70-77(82)87-74-76(75-88-80(79(84)85)86-73-72-81(3,4)5)89-78(83)71-69-67-65-63-61-59-57-55-53-51-49-47-45-42-35-33-31-29-27-25-23-21-19-17-15-13-11-9-7-2/h19,21,25,27,31,33,76,80H,6-18,20,22-24,26,28-30,32,34-75H2,1-5H3/p+1/b21-19-,27-25-,33-31-. The van der Waals surface area contributed by atoms with Gasteiger partial charge in [-0.25, -0.2) is 4.79 Å². The first-order chi connectivity index (χ1) is 43.6. The maximum Gasteiger partial charge on any atom is 0.361 e. The Labute approximate surface area is 553 Å². The first-order valence-electron chi connectivity index (χ1n) is 39.2. The molecule has 524 valence electrons. The number of hydrogen-bond donors (Lipinski definition) is 1. The molecule has 0 aromatic rings. The van der Waals surface area contributed by atoms with Crippen LogP contribution in [0.25, 0.3) is 0 Å². The molecule has 0 aliphatic heterocycles. The molecule has 0 amide bonds. The molecule has 9 heteroatoms. The van der Waals surface area contributed by atoms with E-state index >= 15 is 0 Å². The lowest BCUT2D eigenvalue weighted by Gasteiger charge is -2.25. The van der Waals surface area contributed by atoms with E-state index in [1.807, 2.05) is 21.1 Å². The zero-order valence-electron chi connectivity index (χ0n) is 60.1. The molecule has 89 heavy (non-hydrogen) atoms. The van der Waals surface area contributed by atoms with Gasteiger partial charge in [-0.05, 0) is 51.4 Å². The van der Waals surface area contributed by atoms with E-state index in [1.165, 1.54) is 321 Å². The van der Waals surface area contributed by atoms with Crippen LogP contribution in [0.3, 0.4) is 0 Å². The van der Waals surface area contributed by atoms with Gasteiger partial charge in [-0.3, -0.25) is 9.59 Å². The number of likely N-dealkylation sites (N-methyl/N-ethyl adjacent to an activating group) is 1. The van der Waals surface area contributed by atoms with Crippen molar-refractivity contribution in [3.05, 3.63) is 36.5 Å². The second-order valence-electron chi connectivity index (χ2n) is 28.0. The van der Waals surface area contributed by atoms with Gasteiger partial charge in [-0.2, -0.15) is 0 Å². The molecule has 0 radical (unpaired) electrons. The van der Waals surface area contributed by atoms with Crippen molar-refractivity contribution < 1.29 is 42.9 Å². The molecule has 0 spiro atoms. The minimum atomic E-state index is -1.51. The smallest absolute Gasteiger partial charge is 0.361 e. The molecule has 0 rings (SSSR count). The average Bonchev–Trinajstić information content (AvgIpc) is 3.71. The van der Waals surface area contributed by atoms with Crippen LogP contribution in [0.2, 0.25) is 0 Å². The van der Waals surface area contributed by atoms with E-state index in [0.29, 0.717) is 17.4 Å². The maximum atomic E-state index is 13.0. The molecule has 2 atom stereocenters. The fourth-order valence-electron chi connectivity index (χ4n) is 11.9. The van der Waals surface area contributed by atoms with E-state index in [4.69, 9.17) is 18.9 Å². The SMILES string of the molecule is CCCCCCC/C=C\C/C=C\C/C=C\CCCCCCCCCCCCCCCCC(=O)OC(COC(=O)CCCCCCCCCCCCCCCCCCCCCCCCCCCCCCCCCCCCC)COC(OCC[N+](C)(C)C)C(=O)O. The van der Waals surface area contributed by atoms with Crippen LogP contribution in [0.5, 0.6) is 0 Å². The largest absolute Gasteiger partial charge is 0.477 e. The van der Waals surface area contributed by atoms with Crippen molar-refractivity contribution in [2.75, 3.05) is 47.5 Å². The third kappa shape index (κ3) is 72.8. The Kier molecular flexibility index (Phi) is 69.4. The Bertz CT molecular complexity index is 1550. The number of ether oxygens (including phenoxy) is 4. The van der Waals surface area contributed by atoms with Crippen molar-refractivity contribution in [1.82, 2.24) is 0 Å². The Balaban J connectivity index is 3.99. The van der Waals surface area contributed by atoms with Gasteiger partial charge < -0.3 is 28.5 Å². The zero-order chi connectivity index (χ0) is 64.7. The topological polar surface area (TPSA) is 108 Å². The van der Waals surface area contributed by atoms with Crippen molar-refractivity contribution in [2.45, 2.75) is 411 Å². The second kappa shape index (κ2) is 71.4. The second-order valence-corrected chi connectivity index (χ2v) is 28.0. The number of carboxylic acid groups (broad SMARTS) is 1. The van der Waals surface area contributed by atoms with Crippen molar-refractivity contribution in [1.29, 1.82) is 0 Å². The highest BCUT2D eigenvalue weighted by Crippen LogP contribution is 2.20. The number of unbranched alkanes of at least 4 members (excludes halogenated alkanes) is 53. The third-order valence-corrected chi connectivity index (χ3v) is 17.9. The van der Waals surface area contributed by atoms with Gasteiger partial charge in [0.1, 0.15) is 13.2 Å². The van der Waals surface area contributed by atoms with E-state index in [-0.39, 0.29) is 38.2 Å². The molecule has 0 heterocycles. The van der Waals surface area contributed by atoms with Gasteiger partial charge in [0.2, 0.25) is 0 Å². The van der Waals surface area contributed by atoms with Crippen LogP contribution in [-0.4, -0.2) is 87.4 Å². The lowest BCUT2D eigenvalue weighted by molar-refractivity contribution is -0.870. The van der Waals surface area contributed by atoms with Crippen molar-refractivity contribution in [3.8, 4) is 0 Å². The summed E-state index contributed by atoms with van der Waals surface area (Å²) in [6.07, 6.45) is 88.7. The number of nitrogens with zero attached hydrogens (tertiary/aromatic N) is 1. The molecule has 1 N–H and O–H groups in total. The molecule has 0 saturated carbocycles. The van der Waals surface area contributed by atoms with Gasteiger partial charge in [-0.1, -0.05) is 371 Å². The molecule has 9 nitrogen and oxygen atoms in total.